The molecule has 0 aliphatic heterocycles. The summed E-state index contributed by atoms with van der Waals surface area (Å²) in [4.78, 5) is 18.1. The van der Waals surface area contributed by atoms with Gasteiger partial charge in [0.05, 0.1) is 4.92 Å². The number of aromatic nitrogens is 2. The molecule has 0 atom stereocenters. The van der Waals surface area contributed by atoms with Crippen LogP contribution in [0.15, 0.2) is 47.6 Å². The van der Waals surface area contributed by atoms with Crippen LogP contribution in [0.3, 0.4) is 0 Å². The summed E-state index contributed by atoms with van der Waals surface area (Å²) >= 11 is 0. The van der Waals surface area contributed by atoms with Gasteiger partial charge in [0.1, 0.15) is 6.10 Å². The van der Waals surface area contributed by atoms with E-state index in [1.54, 1.807) is 18.5 Å². The topological polar surface area (TPSA) is 124 Å². The molecule has 1 aliphatic carbocycles. The Morgan fingerprint density at radius 1 is 1.08 bits per heavy atom. The van der Waals surface area contributed by atoms with E-state index in [9.17, 15) is 18.5 Å². The molecule has 1 aliphatic rings. The van der Waals surface area contributed by atoms with Crippen molar-refractivity contribution >= 4 is 15.7 Å². The number of nitrogens with zero attached hydrogens (tertiary/aromatic N) is 3. The lowest BCUT2D eigenvalue weighted by molar-refractivity contribution is -0.387. The third-order valence-corrected chi connectivity index (χ3v) is 5.73. The van der Waals surface area contributed by atoms with Crippen molar-refractivity contribution in [2.45, 2.75) is 42.7 Å². The van der Waals surface area contributed by atoms with Gasteiger partial charge in [0.2, 0.25) is 10.0 Å². The van der Waals surface area contributed by atoms with Crippen LogP contribution in [-0.2, 0) is 10.0 Å². The average Bonchev–Trinajstić information content (AvgIpc) is 2.64. The minimum atomic E-state index is -3.97. The lowest BCUT2D eigenvalue weighted by Crippen LogP contribution is -2.39. The zero-order valence-corrected chi connectivity index (χ0v) is 14.6. The quantitative estimate of drug-likeness (QED) is 0.602. The molecule has 0 bridgehead atoms. The molecule has 2 aromatic rings. The molecule has 1 saturated carbocycles. The molecule has 0 saturated heterocycles. The second-order valence-corrected chi connectivity index (χ2v) is 7.65. The van der Waals surface area contributed by atoms with Crippen molar-refractivity contribution in [2.75, 3.05) is 0 Å². The maximum atomic E-state index is 12.5. The highest BCUT2D eigenvalue weighted by atomic mass is 32.2. The summed E-state index contributed by atoms with van der Waals surface area (Å²) in [5.41, 5.74) is -0.432. The van der Waals surface area contributed by atoms with Gasteiger partial charge >= 0.3 is 6.01 Å². The number of nitro groups is 1. The second kappa shape index (κ2) is 7.75. The maximum Gasteiger partial charge on any atom is 0.316 e. The fraction of sp³-hybridized carbons (Fsp3) is 0.375. The van der Waals surface area contributed by atoms with Crippen LogP contribution in [0.25, 0.3) is 0 Å². The van der Waals surface area contributed by atoms with Crippen molar-refractivity contribution < 1.29 is 18.1 Å². The van der Waals surface area contributed by atoms with E-state index in [-0.39, 0.29) is 17.0 Å². The monoisotopic (exact) mass is 378 g/mol. The third kappa shape index (κ3) is 4.33. The van der Waals surface area contributed by atoms with E-state index in [2.05, 4.69) is 14.7 Å². The lowest BCUT2D eigenvalue weighted by atomic mass is 9.94. The molecule has 0 spiro atoms. The first-order chi connectivity index (χ1) is 12.5. The highest BCUT2D eigenvalue weighted by Gasteiger charge is 2.30. The Kier molecular flexibility index (Phi) is 5.43. The number of rotatable bonds is 6. The molecule has 1 heterocycles. The van der Waals surface area contributed by atoms with Crippen LogP contribution in [0, 0.1) is 10.1 Å². The normalized spacial score (nSPS) is 20.5. The van der Waals surface area contributed by atoms with Gasteiger partial charge in [-0.15, -0.1) is 0 Å². The van der Waals surface area contributed by atoms with Gasteiger partial charge in [-0.1, -0.05) is 12.1 Å². The Balaban J connectivity index is 1.61. The predicted molar refractivity (Wildman–Crippen MR) is 92.1 cm³/mol. The standard InChI is InChI=1S/C16H18N4O5S/c21-20(22)14-4-1-2-5-15(14)26(23,24)19-12-6-8-13(9-7-12)25-16-17-10-3-11-18-16/h1-5,10-13,19H,6-9H2. The Morgan fingerprint density at radius 3 is 2.38 bits per heavy atom. The maximum absolute atomic E-state index is 12.5. The van der Waals surface area contributed by atoms with Crippen molar-refractivity contribution in [3.05, 3.63) is 52.8 Å². The van der Waals surface area contributed by atoms with Crippen LogP contribution >= 0.6 is 0 Å². The number of para-hydroxylation sites is 1. The van der Waals surface area contributed by atoms with Gasteiger partial charge in [-0.25, -0.2) is 23.1 Å². The molecule has 1 N–H and O–H groups in total. The number of hydrogen-bond donors (Lipinski definition) is 1. The summed E-state index contributed by atoms with van der Waals surface area (Å²) in [6, 6.07) is 7.02. The molecule has 0 unspecified atom stereocenters. The Bertz CT molecular complexity index is 867. The van der Waals surface area contributed by atoms with Crippen LogP contribution in [0.1, 0.15) is 25.7 Å². The van der Waals surface area contributed by atoms with Crippen LogP contribution in [0.4, 0.5) is 5.69 Å². The Hall–Kier alpha value is -2.59. The van der Waals surface area contributed by atoms with Crippen molar-refractivity contribution in [3.8, 4) is 6.01 Å². The summed E-state index contributed by atoms with van der Waals surface area (Å²) in [6.07, 6.45) is 5.52. The first-order valence-electron chi connectivity index (χ1n) is 8.15. The van der Waals surface area contributed by atoms with Crippen LogP contribution < -0.4 is 9.46 Å². The Morgan fingerprint density at radius 2 is 1.73 bits per heavy atom. The number of sulfonamides is 1. The van der Waals surface area contributed by atoms with Gasteiger partial charge in [0.15, 0.2) is 4.90 Å². The predicted octanol–water partition coefficient (Wildman–Crippen LogP) is 2.05. The molecule has 10 heteroatoms. The van der Waals surface area contributed by atoms with Gasteiger partial charge in [-0.05, 0) is 37.8 Å². The summed E-state index contributed by atoms with van der Waals surface area (Å²) in [7, 11) is -3.97. The molecule has 3 rings (SSSR count). The fourth-order valence-corrected chi connectivity index (χ4v) is 4.39. The molecule has 0 radical (unpaired) electrons. The number of benzene rings is 1. The largest absolute Gasteiger partial charge is 0.460 e. The van der Waals surface area contributed by atoms with E-state index < -0.39 is 20.6 Å². The first kappa shape index (κ1) is 18.2. The highest BCUT2D eigenvalue weighted by Crippen LogP contribution is 2.26. The van der Waals surface area contributed by atoms with Gasteiger partial charge in [-0.2, -0.15) is 0 Å². The molecule has 1 aromatic heterocycles. The molecule has 26 heavy (non-hydrogen) atoms. The number of hydrogen-bond acceptors (Lipinski definition) is 7. The molecule has 138 valence electrons. The van der Waals surface area contributed by atoms with E-state index >= 15 is 0 Å². The summed E-state index contributed by atoms with van der Waals surface area (Å²) in [6.45, 7) is 0. The Labute approximate surface area is 150 Å². The molecule has 1 fully saturated rings. The van der Waals surface area contributed by atoms with E-state index in [0.717, 1.165) is 0 Å². The molecular weight excluding hydrogens is 360 g/mol. The highest BCUT2D eigenvalue weighted by molar-refractivity contribution is 7.89. The van der Waals surface area contributed by atoms with E-state index in [4.69, 9.17) is 4.74 Å². The fourth-order valence-electron chi connectivity index (χ4n) is 2.91. The summed E-state index contributed by atoms with van der Waals surface area (Å²) < 4.78 is 33.3. The van der Waals surface area contributed by atoms with Crippen molar-refractivity contribution in [3.63, 3.8) is 0 Å². The van der Waals surface area contributed by atoms with E-state index in [0.29, 0.717) is 31.7 Å². The van der Waals surface area contributed by atoms with Gasteiger partial charge in [-0.3, -0.25) is 10.1 Å². The van der Waals surface area contributed by atoms with E-state index in [1.807, 2.05) is 0 Å². The molecular formula is C16H18N4O5S. The van der Waals surface area contributed by atoms with Gasteiger partial charge in [0.25, 0.3) is 5.69 Å². The number of nitro benzene ring substituents is 1. The second-order valence-electron chi connectivity index (χ2n) is 5.97. The summed E-state index contributed by atoms with van der Waals surface area (Å²) in [5.74, 6) is 0. The first-order valence-corrected chi connectivity index (χ1v) is 9.63. The van der Waals surface area contributed by atoms with Crippen molar-refractivity contribution in [1.29, 1.82) is 0 Å². The molecule has 1 aromatic carbocycles. The van der Waals surface area contributed by atoms with Crippen LogP contribution in [0.5, 0.6) is 6.01 Å². The summed E-state index contributed by atoms with van der Waals surface area (Å²) in [5, 5.41) is 11.1. The van der Waals surface area contributed by atoms with Crippen LogP contribution in [-0.4, -0.2) is 35.5 Å². The van der Waals surface area contributed by atoms with Gasteiger partial charge < -0.3 is 4.74 Å². The van der Waals surface area contributed by atoms with Crippen molar-refractivity contribution in [1.82, 2.24) is 14.7 Å². The molecule has 9 nitrogen and oxygen atoms in total. The number of nitrogens with one attached hydrogen (secondary N) is 1. The third-order valence-electron chi connectivity index (χ3n) is 4.16. The van der Waals surface area contributed by atoms with Crippen LogP contribution in [0.2, 0.25) is 0 Å². The SMILES string of the molecule is O=[N+]([O-])c1ccccc1S(=O)(=O)NC1CCC(Oc2ncccn2)CC1. The average molecular weight is 378 g/mol. The smallest absolute Gasteiger partial charge is 0.316 e. The lowest BCUT2D eigenvalue weighted by Gasteiger charge is -2.28. The minimum absolute atomic E-state index is 0.0794. The molecule has 0 amide bonds. The van der Waals surface area contributed by atoms with Gasteiger partial charge in [0, 0.05) is 24.5 Å². The van der Waals surface area contributed by atoms with E-state index in [1.165, 1.54) is 24.3 Å². The minimum Gasteiger partial charge on any atom is -0.460 e. The zero-order chi connectivity index (χ0) is 18.6. The number of ether oxygens (including phenoxy) is 1. The zero-order valence-electron chi connectivity index (χ0n) is 13.8. The van der Waals surface area contributed by atoms with Crippen molar-refractivity contribution in [2.24, 2.45) is 0 Å².